The van der Waals surface area contributed by atoms with E-state index < -0.39 is 27.9 Å². The number of sulfonamides is 1. The van der Waals surface area contributed by atoms with Crippen LogP contribution in [-0.4, -0.2) is 66.0 Å². The van der Waals surface area contributed by atoms with Gasteiger partial charge in [-0.05, 0) is 36.4 Å². The summed E-state index contributed by atoms with van der Waals surface area (Å²) >= 11 is 6.09. The normalized spacial score (nSPS) is 16.6. The van der Waals surface area contributed by atoms with Crippen LogP contribution in [0.2, 0.25) is 5.02 Å². The number of hydrogen-bond acceptors (Lipinski definition) is 7. The zero-order valence-electron chi connectivity index (χ0n) is 19.2. The van der Waals surface area contributed by atoms with Gasteiger partial charge < -0.3 is 20.2 Å². The molecular formula is C24H21ClFN5O5S. The van der Waals surface area contributed by atoms with Crippen LogP contribution in [0.3, 0.4) is 0 Å². The van der Waals surface area contributed by atoms with Crippen molar-refractivity contribution in [1.29, 1.82) is 0 Å². The van der Waals surface area contributed by atoms with Crippen molar-refractivity contribution in [3.63, 3.8) is 0 Å². The highest BCUT2D eigenvalue weighted by Crippen LogP contribution is 2.32. The van der Waals surface area contributed by atoms with E-state index in [1.54, 1.807) is 12.1 Å². The molecule has 3 heterocycles. The predicted octanol–water partition coefficient (Wildman–Crippen LogP) is 2.98. The molecule has 5 rings (SSSR count). The Bertz CT molecular complexity index is 1580. The molecule has 37 heavy (non-hydrogen) atoms. The molecule has 10 nitrogen and oxygen atoms in total. The molecule has 0 radical (unpaired) electrons. The number of amides is 1. The molecule has 3 N–H and O–H groups in total. The number of halogens is 2. The van der Waals surface area contributed by atoms with Gasteiger partial charge in [-0.3, -0.25) is 4.79 Å². The minimum absolute atomic E-state index is 0.00473. The lowest BCUT2D eigenvalue weighted by molar-refractivity contribution is -0.0249. The lowest BCUT2D eigenvalue weighted by atomic mass is 10.1. The summed E-state index contributed by atoms with van der Waals surface area (Å²) < 4.78 is 54.4. The van der Waals surface area contributed by atoms with E-state index >= 15 is 0 Å². The molecule has 192 valence electrons. The third-order valence-electron chi connectivity index (χ3n) is 5.90. The fraction of sp³-hybridized carbons (Fsp3) is 0.208. The highest BCUT2D eigenvalue weighted by atomic mass is 35.5. The molecule has 1 fully saturated rings. The number of carbonyl (C=O) groups excluding carboxylic acids is 1. The van der Waals surface area contributed by atoms with Crippen molar-refractivity contribution >= 4 is 38.4 Å². The summed E-state index contributed by atoms with van der Waals surface area (Å²) in [5.41, 5.74) is 6.43. The number of nitrogens with zero attached hydrogens (tertiary/aromatic N) is 3. The molecule has 1 saturated heterocycles. The van der Waals surface area contributed by atoms with Gasteiger partial charge in [-0.15, -0.1) is 0 Å². The molecule has 2 aromatic heterocycles. The number of hydrogen-bond donors (Lipinski definition) is 2. The topological polar surface area (TPSA) is 140 Å². The quantitative estimate of drug-likeness (QED) is 0.364. The zero-order valence-corrected chi connectivity index (χ0v) is 20.8. The van der Waals surface area contributed by atoms with Gasteiger partial charge >= 0.3 is 0 Å². The van der Waals surface area contributed by atoms with E-state index in [-0.39, 0.29) is 47.8 Å². The van der Waals surface area contributed by atoms with Gasteiger partial charge in [-0.25, -0.2) is 22.8 Å². The molecule has 0 spiro atoms. The van der Waals surface area contributed by atoms with Crippen LogP contribution in [0.5, 0.6) is 5.75 Å². The standard InChI is InChI=1S/C24H21ClFN5O5S/c25-15-1-4-21-19(7-15)23(22(30-21)24(27)32)37(33,34)31-5-6-35-17(11-31)12-36-16-2-3-20(26)18(8-16)14-9-28-13-29-10-14/h1-4,7-10,13,17,30H,5-6,11-12H2,(H2,27,32)/t17-/m0/s1. The van der Waals surface area contributed by atoms with E-state index in [4.69, 9.17) is 26.8 Å². The predicted molar refractivity (Wildman–Crippen MR) is 133 cm³/mol. The number of aromatic amines is 1. The van der Waals surface area contributed by atoms with Crippen LogP contribution < -0.4 is 10.5 Å². The fourth-order valence-electron chi connectivity index (χ4n) is 4.16. The van der Waals surface area contributed by atoms with Crippen molar-refractivity contribution in [3.05, 3.63) is 71.7 Å². The first kappa shape index (κ1) is 25.1. The Morgan fingerprint density at radius 1 is 1.24 bits per heavy atom. The van der Waals surface area contributed by atoms with Gasteiger partial charge in [0, 0.05) is 52.5 Å². The zero-order chi connectivity index (χ0) is 26.2. The van der Waals surface area contributed by atoms with Gasteiger partial charge in [0.25, 0.3) is 5.91 Å². The van der Waals surface area contributed by atoms with Crippen molar-refractivity contribution < 1.29 is 27.1 Å². The molecule has 13 heteroatoms. The lowest BCUT2D eigenvalue weighted by Gasteiger charge is -2.32. The number of morpholine rings is 1. The summed E-state index contributed by atoms with van der Waals surface area (Å²) in [6, 6.07) is 8.88. The first-order valence-electron chi connectivity index (χ1n) is 11.1. The number of nitrogens with one attached hydrogen (secondary N) is 1. The Hall–Kier alpha value is -3.58. The van der Waals surface area contributed by atoms with Crippen LogP contribution in [0.1, 0.15) is 10.5 Å². The molecule has 0 unspecified atom stereocenters. The Morgan fingerprint density at radius 2 is 2.03 bits per heavy atom. The Labute approximate surface area is 216 Å². The average molecular weight is 546 g/mol. The average Bonchev–Trinajstić information content (AvgIpc) is 3.29. The lowest BCUT2D eigenvalue weighted by Crippen LogP contribution is -2.47. The molecule has 0 saturated carbocycles. The van der Waals surface area contributed by atoms with Crippen LogP contribution in [0.25, 0.3) is 22.0 Å². The van der Waals surface area contributed by atoms with E-state index in [1.165, 1.54) is 47.3 Å². The summed E-state index contributed by atoms with van der Waals surface area (Å²) in [5, 5.41) is 0.581. The monoisotopic (exact) mass is 545 g/mol. The summed E-state index contributed by atoms with van der Waals surface area (Å²) in [7, 11) is -4.16. The van der Waals surface area contributed by atoms with Gasteiger partial charge in [0.15, 0.2) is 0 Å². The second-order valence-electron chi connectivity index (χ2n) is 8.32. The first-order valence-corrected chi connectivity index (χ1v) is 13.0. The van der Waals surface area contributed by atoms with E-state index in [0.29, 0.717) is 21.9 Å². The second kappa shape index (κ2) is 10.1. The molecular weight excluding hydrogens is 525 g/mol. The number of nitrogens with two attached hydrogens (primary N) is 1. The van der Waals surface area contributed by atoms with Crippen molar-refractivity contribution in [2.24, 2.45) is 5.73 Å². The Morgan fingerprint density at radius 3 is 2.78 bits per heavy atom. The van der Waals surface area contributed by atoms with Crippen LogP contribution in [0, 0.1) is 5.82 Å². The number of carbonyl (C=O) groups is 1. The molecule has 4 aromatic rings. The molecule has 1 atom stereocenters. The van der Waals surface area contributed by atoms with Crippen LogP contribution >= 0.6 is 11.6 Å². The van der Waals surface area contributed by atoms with Gasteiger partial charge in [0.1, 0.15) is 41.2 Å². The summed E-state index contributed by atoms with van der Waals surface area (Å²) in [6.07, 6.45) is 3.70. The fourth-order valence-corrected chi connectivity index (χ4v) is 6.13. The van der Waals surface area contributed by atoms with E-state index in [0.717, 1.165) is 0 Å². The van der Waals surface area contributed by atoms with Crippen LogP contribution in [-0.2, 0) is 14.8 Å². The number of primary amides is 1. The molecule has 1 aliphatic rings. The Balaban J connectivity index is 1.36. The second-order valence-corrected chi connectivity index (χ2v) is 10.6. The van der Waals surface area contributed by atoms with Crippen molar-refractivity contribution in [3.8, 4) is 16.9 Å². The smallest absolute Gasteiger partial charge is 0.266 e. The van der Waals surface area contributed by atoms with E-state index in [9.17, 15) is 17.6 Å². The highest BCUT2D eigenvalue weighted by molar-refractivity contribution is 7.89. The highest BCUT2D eigenvalue weighted by Gasteiger charge is 2.36. The minimum atomic E-state index is -4.16. The van der Waals surface area contributed by atoms with Crippen molar-refractivity contribution in [2.45, 2.75) is 11.0 Å². The number of rotatable bonds is 7. The third-order valence-corrected chi connectivity index (χ3v) is 8.09. The Kier molecular flexibility index (Phi) is 6.82. The maximum absolute atomic E-state index is 14.3. The molecule has 0 aliphatic carbocycles. The maximum Gasteiger partial charge on any atom is 0.266 e. The number of benzene rings is 2. The summed E-state index contributed by atoms with van der Waals surface area (Å²) in [6.45, 7) is 0.149. The SMILES string of the molecule is NC(=O)c1[nH]c2ccc(Cl)cc2c1S(=O)(=O)N1CCO[C@H](COc2ccc(F)c(-c3cncnc3)c2)C1. The summed E-state index contributed by atoms with van der Waals surface area (Å²) in [5.74, 6) is -1.00. The largest absolute Gasteiger partial charge is 0.491 e. The number of fused-ring (bicyclic) bond motifs is 1. The van der Waals surface area contributed by atoms with Gasteiger partial charge in [-0.2, -0.15) is 4.31 Å². The molecule has 2 aromatic carbocycles. The number of ether oxygens (including phenoxy) is 2. The molecule has 0 bridgehead atoms. The van der Waals surface area contributed by atoms with E-state index in [2.05, 4.69) is 15.0 Å². The van der Waals surface area contributed by atoms with Crippen molar-refractivity contribution in [2.75, 3.05) is 26.3 Å². The maximum atomic E-state index is 14.3. The van der Waals surface area contributed by atoms with E-state index in [1.807, 2.05) is 0 Å². The van der Waals surface area contributed by atoms with Gasteiger partial charge in [0.05, 0.1) is 6.61 Å². The van der Waals surface area contributed by atoms with Gasteiger partial charge in [-0.1, -0.05) is 11.6 Å². The molecule has 1 amide bonds. The first-order chi connectivity index (χ1) is 17.7. The third kappa shape index (κ3) is 5.01. The van der Waals surface area contributed by atoms with Crippen LogP contribution in [0.4, 0.5) is 4.39 Å². The van der Waals surface area contributed by atoms with Crippen molar-refractivity contribution in [1.82, 2.24) is 19.3 Å². The van der Waals surface area contributed by atoms with Gasteiger partial charge in [0.2, 0.25) is 10.0 Å². The molecule has 1 aliphatic heterocycles. The summed E-state index contributed by atoms with van der Waals surface area (Å²) in [4.78, 5) is 22.4. The number of H-pyrrole nitrogens is 1. The number of aromatic nitrogens is 3. The van der Waals surface area contributed by atoms with Crippen LogP contribution in [0.15, 0.2) is 60.0 Å². The minimum Gasteiger partial charge on any atom is -0.491 e.